The second kappa shape index (κ2) is 4.62. The molecule has 0 fully saturated rings. The molecule has 0 radical (unpaired) electrons. The Morgan fingerprint density at radius 2 is 2.11 bits per heavy atom. The van der Waals surface area contributed by atoms with Gasteiger partial charge >= 0.3 is 0 Å². The molecule has 1 atom stereocenters. The van der Waals surface area contributed by atoms with E-state index in [-0.39, 0.29) is 6.04 Å². The molecule has 92 valence electrons. The molecule has 1 aliphatic heterocycles. The van der Waals surface area contributed by atoms with E-state index in [2.05, 4.69) is 10.2 Å². The molecule has 0 saturated heterocycles. The van der Waals surface area contributed by atoms with Gasteiger partial charge in [-0.2, -0.15) is 15.0 Å². The quantitative estimate of drug-likeness (QED) is 0.887. The van der Waals surface area contributed by atoms with Gasteiger partial charge in [0.05, 0.1) is 18.5 Å². The summed E-state index contributed by atoms with van der Waals surface area (Å²) in [6, 6.07) is 9.41. The van der Waals surface area contributed by atoms with Crippen molar-refractivity contribution in [2.75, 3.05) is 6.61 Å². The van der Waals surface area contributed by atoms with Gasteiger partial charge in [0.2, 0.25) is 0 Å². The van der Waals surface area contributed by atoms with Gasteiger partial charge in [-0.25, -0.2) is 0 Å². The van der Waals surface area contributed by atoms with Gasteiger partial charge in [-0.05, 0) is 18.2 Å². The number of rotatable bonds is 3. The monoisotopic (exact) mass is 242 g/mol. The van der Waals surface area contributed by atoms with Crippen molar-refractivity contribution in [3.05, 3.63) is 54.1 Å². The summed E-state index contributed by atoms with van der Waals surface area (Å²) in [4.78, 5) is 1.57. The van der Waals surface area contributed by atoms with Crippen LogP contribution in [0.15, 0.2) is 48.4 Å². The van der Waals surface area contributed by atoms with Crippen LogP contribution in [-0.2, 0) is 4.74 Å². The zero-order valence-electron chi connectivity index (χ0n) is 9.86. The van der Waals surface area contributed by atoms with E-state index in [4.69, 9.17) is 10.5 Å². The molecule has 3 rings (SSSR count). The molecular weight excluding hydrogens is 228 g/mol. The number of ether oxygens (including phenoxy) is 1. The summed E-state index contributed by atoms with van der Waals surface area (Å²) in [5.41, 5.74) is 7.71. The third kappa shape index (κ3) is 2.00. The molecule has 0 aliphatic carbocycles. The van der Waals surface area contributed by atoms with E-state index >= 15 is 0 Å². The van der Waals surface area contributed by atoms with E-state index in [9.17, 15) is 0 Å². The maximum absolute atomic E-state index is 6.08. The van der Waals surface area contributed by atoms with Gasteiger partial charge in [0.1, 0.15) is 17.5 Å². The topological polar surface area (TPSA) is 66.0 Å². The van der Waals surface area contributed by atoms with E-state index < -0.39 is 0 Å². The second-order valence-electron chi connectivity index (χ2n) is 4.12. The van der Waals surface area contributed by atoms with Crippen molar-refractivity contribution < 1.29 is 4.74 Å². The van der Waals surface area contributed by atoms with Crippen LogP contribution in [0.5, 0.6) is 0 Å². The molecule has 2 N–H and O–H groups in total. The number of benzene rings is 1. The molecule has 18 heavy (non-hydrogen) atoms. The van der Waals surface area contributed by atoms with Crippen molar-refractivity contribution in [2.24, 2.45) is 5.73 Å². The minimum absolute atomic E-state index is 0.329. The number of nitrogens with two attached hydrogens (primary N) is 1. The highest BCUT2D eigenvalue weighted by Gasteiger charge is 2.19. The van der Waals surface area contributed by atoms with Crippen molar-refractivity contribution in [2.45, 2.75) is 12.5 Å². The molecule has 2 heterocycles. The van der Waals surface area contributed by atoms with Crippen LogP contribution >= 0.6 is 0 Å². The molecule has 2 aromatic rings. The molecule has 1 aromatic carbocycles. The molecule has 0 saturated carbocycles. The molecule has 5 heteroatoms. The molecule has 1 unspecified atom stereocenters. The van der Waals surface area contributed by atoms with Crippen molar-refractivity contribution in [1.82, 2.24) is 15.0 Å². The van der Waals surface area contributed by atoms with Gasteiger partial charge in [0.25, 0.3) is 0 Å². The Hall–Kier alpha value is -2.14. The predicted octanol–water partition coefficient (Wildman–Crippen LogP) is 1.57. The Bertz CT molecular complexity index is 561. The van der Waals surface area contributed by atoms with Crippen LogP contribution in [0.1, 0.15) is 18.2 Å². The molecule has 0 spiro atoms. The van der Waals surface area contributed by atoms with E-state index in [1.807, 2.05) is 36.4 Å². The van der Waals surface area contributed by atoms with Gasteiger partial charge in [-0.1, -0.05) is 18.2 Å². The summed E-state index contributed by atoms with van der Waals surface area (Å²) in [5.74, 6) is 0.787. The minimum atomic E-state index is -0.329. The highest BCUT2D eigenvalue weighted by Crippen LogP contribution is 2.22. The average Bonchev–Trinajstić information content (AvgIpc) is 3.10. The number of hydrogen-bond acceptors (Lipinski definition) is 4. The van der Waals surface area contributed by atoms with Gasteiger partial charge in [0.15, 0.2) is 0 Å². The summed E-state index contributed by atoms with van der Waals surface area (Å²) < 4.78 is 5.44. The summed E-state index contributed by atoms with van der Waals surface area (Å²) in [7, 11) is 0. The van der Waals surface area contributed by atoms with E-state index in [0.29, 0.717) is 12.3 Å². The van der Waals surface area contributed by atoms with Crippen molar-refractivity contribution in [3.63, 3.8) is 0 Å². The van der Waals surface area contributed by atoms with Crippen LogP contribution in [-0.4, -0.2) is 21.6 Å². The highest BCUT2D eigenvalue weighted by molar-refractivity contribution is 5.29. The zero-order chi connectivity index (χ0) is 12.4. The van der Waals surface area contributed by atoms with E-state index in [1.54, 1.807) is 11.0 Å². The summed E-state index contributed by atoms with van der Waals surface area (Å²) in [6.45, 7) is 0.704. The lowest BCUT2D eigenvalue weighted by molar-refractivity contribution is 0.224. The smallest absolute Gasteiger partial charge is 0.115 e. The first-order chi connectivity index (χ1) is 8.84. The van der Waals surface area contributed by atoms with Crippen LogP contribution in [0.3, 0.4) is 0 Å². The first kappa shape index (κ1) is 11.0. The minimum Gasteiger partial charge on any atom is -0.496 e. The highest BCUT2D eigenvalue weighted by atomic mass is 16.5. The molecule has 1 aromatic heterocycles. The molecule has 1 aliphatic rings. The number of para-hydroxylation sites is 1. The lowest BCUT2D eigenvalue weighted by Gasteiger charge is -2.09. The normalized spacial score (nSPS) is 16.2. The van der Waals surface area contributed by atoms with Crippen molar-refractivity contribution in [1.29, 1.82) is 0 Å². The first-order valence-corrected chi connectivity index (χ1v) is 5.91. The Labute approximate surface area is 105 Å². The van der Waals surface area contributed by atoms with Crippen LogP contribution in [0.25, 0.3) is 5.69 Å². The Morgan fingerprint density at radius 3 is 2.83 bits per heavy atom. The van der Waals surface area contributed by atoms with Crippen LogP contribution in [0, 0.1) is 0 Å². The largest absolute Gasteiger partial charge is 0.496 e. The Kier molecular flexibility index (Phi) is 2.82. The second-order valence-corrected chi connectivity index (χ2v) is 4.12. The van der Waals surface area contributed by atoms with Gasteiger partial charge in [0, 0.05) is 6.42 Å². The average molecular weight is 242 g/mol. The lowest BCUT2D eigenvalue weighted by Crippen LogP contribution is -2.14. The Balaban J connectivity index is 1.85. The standard InChI is InChI=1S/C13H14N4O/c14-13(12-7-4-8-18-12)11-9-15-17(16-11)10-5-2-1-3-6-10/h1-3,5-7,9,13H,4,8,14H2. The van der Waals surface area contributed by atoms with E-state index in [0.717, 1.165) is 17.9 Å². The fraction of sp³-hybridized carbons (Fsp3) is 0.231. The fourth-order valence-corrected chi connectivity index (χ4v) is 1.90. The molecule has 0 bridgehead atoms. The summed E-state index contributed by atoms with van der Waals surface area (Å²) in [5, 5.41) is 8.61. The molecular formula is C13H14N4O. The fourth-order valence-electron chi connectivity index (χ4n) is 1.90. The van der Waals surface area contributed by atoms with Crippen molar-refractivity contribution >= 4 is 0 Å². The predicted molar refractivity (Wildman–Crippen MR) is 66.9 cm³/mol. The number of hydrogen-bond donors (Lipinski definition) is 1. The van der Waals surface area contributed by atoms with Crippen molar-refractivity contribution in [3.8, 4) is 5.69 Å². The number of nitrogens with zero attached hydrogens (tertiary/aromatic N) is 3. The van der Waals surface area contributed by atoms with Gasteiger partial charge in [-0.15, -0.1) is 0 Å². The summed E-state index contributed by atoms with van der Waals surface area (Å²) >= 11 is 0. The maximum atomic E-state index is 6.08. The number of aromatic nitrogens is 3. The third-order valence-electron chi connectivity index (χ3n) is 2.85. The van der Waals surface area contributed by atoms with Gasteiger partial charge < -0.3 is 10.5 Å². The van der Waals surface area contributed by atoms with Crippen LogP contribution < -0.4 is 5.73 Å². The SMILES string of the molecule is NC(C1=CCCO1)c1cnn(-c2ccccc2)n1. The summed E-state index contributed by atoms with van der Waals surface area (Å²) in [6.07, 6.45) is 4.60. The molecule has 5 nitrogen and oxygen atoms in total. The van der Waals surface area contributed by atoms with E-state index in [1.165, 1.54) is 0 Å². The maximum Gasteiger partial charge on any atom is 0.115 e. The van der Waals surface area contributed by atoms with Gasteiger partial charge in [-0.3, -0.25) is 0 Å². The van der Waals surface area contributed by atoms with Crippen LogP contribution in [0.2, 0.25) is 0 Å². The lowest BCUT2D eigenvalue weighted by atomic mass is 10.2. The van der Waals surface area contributed by atoms with Crippen LogP contribution in [0.4, 0.5) is 0 Å². The Morgan fingerprint density at radius 1 is 1.28 bits per heavy atom. The first-order valence-electron chi connectivity index (χ1n) is 5.91. The zero-order valence-corrected chi connectivity index (χ0v) is 9.86. The molecule has 0 amide bonds. The third-order valence-corrected chi connectivity index (χ3v) is 2.85.